The first-order valence-corrected chi connectivity index (χ1v) is 34.2. The van der Waals surface area contributed by atoms with Crippen LogP contribution in [0.2, 0.25) is 0 Å². The fourth-order valence-corrected chi connectivity index (χ4v) is 16.4. The molecule has 1 unspecified atom stereocenters. The lowest BCUT2D eigenvalue weighted by atomic mass is 9.44. The highest BCUT2D eigenvalue weighted by Crippen LogP contribution is 2.64. The van der Waals surface area contributed by atoms with E-state index in [0.717, 1.165) is 32.4 Å². The highest BCUT2D eigenvalue weighted by atomic mass is 32.2. The fourth-order valence-electron chi connectivity index (χ4n) is 13.4. The summed E-state index contributed by atoms with van der Waals surface area (Å²) < 4.78 is 47.6. The average molecular weight is 1340 g/mol. The van der Waals surface area contributed by atoms with Crippen LogP contribution < -0.4 is 5.32 Å². The Labute approximate surface area is 558 Å². The molecule has 1 heterocycles. The highest BCUT2D eigenvalue weighted by Gasteiger charge is 2.78. The largest absolute Gasteiger partial charge is 0.464 e. The van der Waals surface area contributed by atoms with E-state index in [0.29, 0.717) is 16.4 Å². The number of ether oxygens (including phenoxy) is 8. The Balaban J connectivity index is 1.13. The number of Topliss-reactive ketones (excluding diaryl/α,β-unsaturated/α-hetero) is 1. The number of nitriles is 1. The number of thiocarbonyl (C=S) groups is 1. The average Bonchev–Trinajstić information content (AvgIpc) is 0.671. The number of carbonyl (C=O) groups excluding carboxylic acids is 8. The number of carbonyl (C=O) groups is 8. The summed E-state index contributed by atoms with van der Waals surface area (Å²) in [6, 6.07) is 24.5. The maximum absolute atomic E-state index is 15.9. The molecule has 12 atom stereocenters. The van der Waals surface area contributed by atoms with Gasteiger partial charge >= 0.3 is 35.8 Å². The molecule has 3 aromatic rings. The Kier molecular flexibility index (Phi) is 26.4. The molecule has 1 amide bonds. The topological polar surface area (TPSA) is 287 Å². The molecule has 504 valence electrons. The molecule has 0 spiro atoms. The molecular formula is C70H88N2O18S3. The van der Waals surface area contributed by atoms with Gasteiger partial charge in [-0.05, 0) is 86.8 Å². The van der Waals surface area contributed by atoms with Crippen LogP contribution in [0.1, 0.15) is 178 Å². The molecule has 3 fully saturated rings. The quantitative estimate of drug-likeness (QED) is 0.0177. The van der Waals surface area contributed by atoms with Crippen molar-refractivity contribution >= 4 is 86.8 Å². The Morgan fingerprint density at radius 3 is 1.98 bits per heavy atom. The van der Waals surface area contributed by atoms with Crippen molar-refractivity contribution < 1.29 is 86.5 Å². The zero-order chi connectivity index (χ0) is 67.7. The van der Waals surface area contributed by atoms with Crippen LogP contribution in [0, 0.1) is 28.1 Å². The summed E-state index contributed by atoms with van der Waals surface area (Å²) in [5, 5.41) is 39.3. The number of benzene rings is 3. The van der Waals surface area contributed by atoms with E-state index in [1.807, 2.05) is 0 Å². The van der Waals surface area contributed by atoms with Gasteiger partial charge in [0, 0.05) is 37.7 Å². The number of nitrogens with one attached hydrogen (secondary N) is 1. The van der Waals surface area contributed by atoms with Gasteiger partial charge in [0.15, 0.2) is 17.5 Å². The van der Waals surface area contributed by atoms with Gasteiger partial charge in [-0.15, -0.1) is 11.8 Å². The number of fused-ring (bicyclic) bond motifs is 5. The summed E-state index contributed by atoms with van der Waals surface area (Å²) in [5.41, 5.74) is -7.93. The Morgan fingerprint density at radius 2 is 1.40 bits per heavy atom. The number of amides is 1. The van der Waals surface area contributed by atoms with Crippen LogP contribution in [0.4, 0.5) is 0 Å². The number of thioether (sulfide) groups is 2. The number of hydrogen-bond donors (Lipinski definition) is 3. The van der Waals surface area contributed by atoms with E-state index >= 15 is 9.59 Å². The maximum atomic E-state index is 15.9. The summed E-state index contributed by atoms with van der Waals surface area (Å²) in [6.07, 6.45) is 1.68. The molecule has 1 saturated heterocycles. The van der Waals surface area contributed by atoms with Crippen molar-refractivity contribution in [1.82, 2.24) is 5.32 Å². The van der Waals surface area contributed by atoms with Crippen molar-refractivity contribution in [1.29, 1.82) is 5.26 Å². The standard InChI is InChI=1S/C70H88N2O18S3/c1-9-10-11-12-13-14-15-16-17-27-37-92-65(91)93-67(7,42-71)35-28-36-84-53(76)40-83-41-54(77)88-58(56(47-29-21-18-22-30-47)72-62(79)48-31-23-19-24-32-48)64(81)87-50-39-70(82)61(89-63(80)49-33-25-20-26-34-49)59-68(8,51(75)38-52-69(59,43-85-52)90-46(4)74)60(78)57(86-45(3)73)55(44(50)2)66(70,5)6/h18-26,29-34,50-52,56-59,61,75,82H,9-17,27-28,35-41,43H2,1-8H3,(H,72,79)/t50-,51+,52-,56+,57-,58+,59-,61-,67?,68-,69-,70-/m1/s1. The van der Waals surface area contributed by atoms with E-state index in [1.165, 1.54) is 115 Å². The molecule has 23 heteroatoms. The first kappa shape index (κ1) is 73.9. The number of hydrogen-bond acceptors (Lipinski definition) is 22. The molecule has 3 aromatic carbocycles. The molecule has 20 nitrogen and oxygen atoms in total. The van der Waals surface area contributed by atoms with Gasteiger partial charge in [-0.3, -0.25) is 19.2 Å². The Hall–Kier alpha value is -6.52. The molecule has 0 aromatic heterocycles. The fraction of sp³-hybridized carbons (Fsp3) is 0.571. The molecule has 4 aliphatic rings. The molecule has 0 radical (unpaired) electrons. The van der Waals surface area contributed by atoms with E-state index in [-0.39, 0.29) is 47.5 Å². The molecule has 3 aliphatic carbocycles. The van der Waals surface area contributed by atoms with Crippen LogP contribution >= 0.6 is 35.7 Å². The SMILES string of the molecule is CCCCCCCCCCCCSC(=S)SC(C)(C#N)CCCOC(=O)COCC(=O)O[C@H](C(=O)O[C@@H]1C[C@@]2(O)[C@H](OC(=O)c3ccccc3)[C@H]3[C@@]4(OC(C)=O)CO[C@@H]4C[C@H](O)[C@@]3(C)C(=O)[C@H](OC(C)=O)C(=C1C)C2(C)C)[C@@H](NC(=O)c1ccccc1)c1ccccc1. The van der Waals surface area contributed by atoms with Crippen LogP contribution in [0.25, 0.3) is 0 Å². The van der Waals surface area contributed by atoms with E-state index < -0.39 is 143 Å². The van der Waals surface area contributed by atoms with Crippen molar-refractivity contribution in [2.75, 3.05) is 32.2 Å². The number of ketones is 1. The summed E-state index contributed by atoms with van der Waals surface area (Å²) in [7, 11) is 0. The van der Waals surface area contributed by atoms with Gasteiger partial charge in [-0.2, -0.15) is 5.26 Å². The maximum Gasteiger partial charge on any atom is 0.350 e. The minimum absolute atomic E-state index is 0.0151. The minimum atomic E-state index is -2.53. The predicted octanol–water partition coefficient (Wildman–Crippen LogP) is 10.6. The number of nitrogens with zero attached hydrogens (tertiary/aromatic N) is 1. The number of rotatable bonds is 31. The molecule has 1 aliphatic heterocycles. The summed E-state index contributed by atoms with van der Waals surface area (Å²) >= 11 is 8.52. The van der Waals surface area contributed by atoms with E-state index in [4.69, 9.17) is 50.1 Å². The number of aliphatic hydroxyl groups is 2. The van der Waals surface area contributed by atoms with Crippen LogP contribution in [-0.4, -0.2) is 146 Å². The van der Waals surface area contributed by atoms with E-state index in [9.17, 15) is 44.2 Å². The Morgan fingerprint density at radius 1 is 0.806 bits per heavy atom. The first-order valence-electron chi connectivity index (χ1n) is 32.0. The predicted molar refractivity (Wildman–Crippen MR) is 351 cm³/mol. The smallest absolute Gasteiger partial charge is 0.350 e. The summed E-state index contributed by atoms with van der Waals surface area (Å²) in [4.78, 5) is 114. The molecule has 7 rings (SSSR count). The second-order valence-corrected chi connectivity index (χ2v) is 29.2. The van der Waals surface area contributed by atoms with Crippen molar-refractivity contribution in [3.05, 3.63) is 119 Å². The minimum Gasteiger partial charge on any atom is -0.464 e. The number of esters is 6. The Bertz CT molecular complexity index is 3220. The second-order valence-electron chi connectivity index (χ2n) is 25.4. The van der Waals surface area contributed by atoms with Gasteiger partial charge in [-0.1, -0.05) is 169 Å². The van der Waals surface area contributed by atoms with Gasteiger partial charge in [0.05, 0.1) is 42.3 Å². The monoisotopic (exact) mass is 1340 g/mol. The van der Waals surface area contributed by atoms with E-state index in [2.05, 4.69) is 18.3 Å². The van der Waals surface area contributed by atoms with Crippen LogP contribution in [0.5, 0.6) is 0 Å². The third kappa shape index (κ3) is 17.7. The second kappa shape index (κ2) is 33.2. The van der Waals surface area contributed by atoms with Gasteiger partial charge in [0.25, 0.3) is 5.91 Å². The van der Waals surface area contributed by atoms with Crippen molar-refractivity contribution in [2.24, 2.45) is 16.7 Å². The molecule has 2 bridgehead atoms. The van der Waals surface area contributed by atoms with Gasteiger partial charge in [0.1, 0.15) is 51.4 Å². The molecule has 3 N–H and O–H groups in total. The summed E-state index contributed by atoms with van der Waals surface area (Å²) in [6.45, 7) is 9.99. The van der Waals surface area contributed by atoms with Crippen molar-refractivity contribution in [2.45, 2.75) is 204 Å². The van der Waals surface area contributed by atoms with Crippen LogP contribution in [-0.2, 0) is 66.7 Å². The molecule has 2 saturated carbocycles. The molecular weight excluding hydrogens is 1250 g/mol. The van der Waals surface area contributed by atoms with Crippen molar-refractivity contribution in [3.8, 4) is 6.07 Å². The third-order valence-electron chi connectivity index (χ3n) is 18.5. The van der Waals surface area contributed by atoms with Crippen LogP contribution in [0.15, 0.2) is 102 Å². The zero-order valence-electron chi connectivity index (χ0n) is 54.3. The van der Waals surface area contributed by atoms with Gasteiger partial charge < -0.3 is 53.4 Å². The lowest BCUT2D eigenvalue weighted by molar-refractivity contribution is -0.346. The molecule has 93 heavy (non-hydrogen) atoms. The lowest BCUT2D eigenvalue weighted by Gasteiger charge is -2.67. The zero-order valence-corrected chi connectivity index (χ0v) is 56.8. The normalized spacial score (nSPS) is 25.6. The highest BCUT2D eigenvalue weighted by molar-refractivity contribution is 8.47. The lowest BCUT2D eigenvalue weighted by Crippen LogP contribution is -2.82. The van der Waals surface area contributed by atoms with Gasteiger partial charge in [0.2, 0.25) is 6.10 Å². The van der Waals surface area contributed by atoms with Gasteiger partial charge in [-0.25, -0.2) is 19.2 Å². The number of aliphatic hydroxyl groups excluding tert-OH is 1. The van der Waals surface area contributed by atoms with Crippen molar-refractivity contribution in [3.63, 3.8) is 0 Å². The van der Waals surface area contributed by atoms with E-state index in [1.54, 1.807) is 85.4 Å². The first-order chi connectivity index (χ1) is 44.3. The van der Waals surface area contributed by atoms with Crippen LogP contribution in [0.3, 0.4) is 0 Å². The number of unbranched alkanes of at least 4 members (excludes halogenated alkanes) is 9. The third-order valence-corrected chi connectivity index (χ3v) is 21.3. The summed E-state index contributed by atoms with van der Waals surface area (Å²) in [5.74, 6) is -8.56.